The van der Waals surface area contributed by atoms with E-state index in [2.05, 4.69) is 15.5 Å². The van der Waals surface area contributed by atoms with Crippen LogP contribution in [0.2, 0.25) is 0 Å². The van der Waals surface area contributed by atoms with Crippen molar-refractivity contribution in [3.8, 4) is 0 Å². The average Bonchev–Trinajstić information content (AvgIpc) is 3.65. The zero-order valence-corrected chi connectivity index (χ0v) is 41.9. The van der Waals surface area contributed by atoms with Crippen molar-refractivity contribution in [2.75, 3.05) is 59.4 Å². The van der Waals surface area contributed by atoms with Gasteiger partial charge in [0.05, 0.1) is 33.0 Å². The second kappa shape index (κ2) is 40.3. The Hall–Kier alpha value is -4.33. The molecule has 0 unspecified atom stereocenters. The summed E-state index contributed by atoms with van der Waals surface area (Å²) in [6.45, 7) is 0.591. The highest BCUT2D eigenvalue weighted by molar-refractivity contribution is 6.01. The number of carbonyl (C=O) groups is 9. The van der Waals surface area contributed by atoms with Crippen molar-refractivity contribution in [1.29, 1.82) is 0 Å². The number of ether oxygens (including phenoxy) is 4. The van der Waals surface area contributed by atoms with E-state index in [1.807, 2.05) is 0 Å². The van der Waals surface area contributed by atoms with E-state index < -0.39 is 42.4 Å². The van der Waals surface area contributed by atoms with Crippen LogP contribution in [0.25, 0.3) is 0 Å². The number of hydrogen-bond acceptors (Lipinski definition) is 14. The molecule has 4 N–H and O–H groups in total. The van der Waals surface area contributed by atoms with Gasteiger partial charge in [-0.05, 0) is 63.7 Å². The third kappa shape index (κ3) is 32.5. The normalized spacial score (nSPS) is 16.3. The van der Waals surface area contributed by atoms with Crippen molar-refractivity contribution in [3.05, 3.63) is 0 Å². The highest BCUT2D eigenvalue weighted by Crippen LogP contribution is 2.32. The first kappa shape index (κ1) is 61.8. The number of carbonyl (C=O) groups excluding carboxylic acids is 7. The van der Waals surface area contributed by atoms with Gasteiger partial charge in [0, 0.05) is 64.0 Å². The van der Waals surface area contributed by atoms with E-state index in [0.29, 0.717) is 55.3 Å². The maximum Gasteiger partial charge on any atom is 0.358 e. The summed E-state index contributed by atoms with van der Waals surface area (Å²) in [5, 5.41) is 24.1. The molecule has 0 aromatic heterocycles. The first-order valence-electron chi connectivity index (χ1n) is 26.3. The number of aliphatic carboxylic acids is 2. The topological polar surface area (TPSA) is 268 Å². The first-order valence-corrected chi connectivity index (χ1v) is 26.3. The number of hydrogen-bond donors (Lipinski definition) is 4. The van der Waals surface area contributed by atoms with Gasteiger partial charge in [0.15, 0.2) is 0 Å². The van der Waals surface area contributed by atoms with Crippen LogP contribution in [-0.2, 0) is 66.9 Å². The molecular weight excluding hydrogens is 911 g/mol. The number of imide groups is 1. The van der Waals surface area contributed by atoms with Crippen LogP contribution >= 0.6 is 0 Å². The minimum Gasteiger partial charge on any atom is -0.481 e. The highest BCUT2D eigenvalue weighted by atomic mass is 16.7. The molecule has 2 aliphatic rings. The molecule has 1 saturated carbocycles. The largest absolute Gasteiger partial charge is 0.481 e. The molecule has 0 bridgehead atoms. The van der Waals surface area contributed by atoms with Crippen LogP contribution < -0.4 is 10.6 Å². The number of Topliss-reactive ketones (excluding diaryl/α,β-unsaturated/α-hetero) is 2. The predicted molar refractivity (Wildman–Crippen MR) is 257 cm³/mol. The lowest BCUT2D eigenvalue weighted by Crippen LogP contribution is -2.44. The second-order valence-electron chi connectivity index (χ2n) is 18.7. The van der Waals surface area contributed by atoms with Crippen LogP contribution in [0.15, 0.2) is 0 Å². The van der Waals surface area contributed by atoms with E-state index in [-0.39, 0.29) is 108 Å². The molecule has 2 rings (SSSR count). The molecule has 19 nitrogen and oxygen atoms in total. The number of rotatable bonds is 46. The lowest BCUT2D eigenvalue weighted by Gasteiger charge is -2.28. The van der Waals surface area contributed by atoms with E-state index in [4.69, 9.17) is 24.1 Å². The molecule has 0 spiro atoms. The van der Waals surface area contributed by atoms with Gasteiger partial charge in [-0.25, -0.2) is 9.59 Å². The van der Waals surface area contributed by atoms with Gasteiger partial charge in [0.25, 0.3) is 11.8 Å². The predicted octanol–water partition coefficient (Wildman–Crippen LogP) is 6.74. The first-order chi connectivity index (χ1) is 33.8. The van der Waals surface area contributed by atoms with E-state index >= 15 is 0 Å². The summed E-state index contributed by atoms with van der Waals surface area (Å²) in [5.74, 6) is -4.24. The van der Waals surface area contributed by atoms with Gasteiger partial charge in [-0.3, -0.25) is 33.6 Å². The van der Waals surface area contributed by atoms with E-state index in [9.17, 15) is 48.3 Å². The molecule has 1 atom stereocenters. The van der Waals surface area contributed by atoms with Crippen LogP contribution in [0, 0.1) is 11.8 Å². The highest BCUT2D eigenvalue weighted by Gasteiger charge is 2.33. The number of amides is 4. The number of nitrogens with one attached hydrogen (secondary N) is 2. The van der Waals surface area contributed by atoms with Crippen LogP contribution in [0.4, 0.5) is 0 Å². The lowest BCUT2D eigenvalue weighted by atomic mass is 9.79. The van der Waals surface area contributed by atoms with Gasteiger partial charge in [0.2, 0.25) is 11.8 Å². The zero-order valence-electron chi connectivity index (χ0n) is 41.9. The molecule has 0 aromatic carbocycles. The molecule has 0 aromatic rings. The molecule has 19 heteroatoms. The third-order valence-electron chi connectivity index (χ3n) is 12.7. The number of hydroxylamine groups is 2. The summed E-state index contributed by atoms with van der Waals surface area (Å²) >= 11 is 0. The molecule has 1 heterocycles. The van der Waals surface area contributed by atoms with Gasteiger partial charge >= 0.3 is 17.9 Å². The van der Waals surface area contributed by atoms with Gasteiger partial charge in [-0.2, -0.15) is 0 Å². The molecule has 1 aliphatic carbocycles. The lowest BCUT2D eigenvalue weighted by molar-refractivity contribution is -0.200. The molecule has 1 aliphatic heterocycles. The number of unbranched alkanes of at least 4 members (excludes halogenated alkanes) is 15. The van der Waals surface area contributed by atoms with E-state index in [1.165, 1.54) is 70.6 Å². The molecule has 70 heavy (non-hydrogen) atoms. The Morgan fingerprint density at radius 3 is 1.59 bits per heavy atom. The van der Waals surface area contributed by atoms with Crippen molar-refractivity contribution in [2.24, 2.45) is 11.8 Å². The van der Waals surface area contributed by atoms with Crippen molar-refractivity contribution in [1.82, 2.24) is 15.7 Å². The fourth-order valence-corrected chi connectivity index (χ4v) is 8.49. The quantitative estimate of drug-likeness (QED) is 0.0363. The summed E-state index contributed by atoms with van der Waals surface area (Å²) in [4.78, 5) is 112. The zero-order chi connectivity index (χ0) is 51.0. The summed E-state index contributed by atoms with van der Waals surface area (Å²) in [6, 6.07) is -1.15. The Labute approximate surface area is 414 Å². The summed E-state index contributed by atoms with van der Waals surface area (Å²) in [6.07, 6.45) is 24.9. The molecular formula is C51H85N3O16. The maximum atomic E-state index is 13.0. The molecule has 0 radical (unpaired) electrons. The Bertz CT molecular complexity index is 1540. The summed E-state index contributed by atoms with van der Waals surface area (Å²) in [7, 11) is 0. The van der Waals surface area contributed by atoms with Crippen LogP contribution in [0.5, 0.6) is 0 Å². The minimum atomic E-state index is -1.17. The molecule has 1 saturated heterocycles. The van der Waals surface area contributed by atoms with Crippen LogP contribution in [-0.4, -0.2) is 134 Å². The van der Waals surface area contributed by atoms with Gasteiger partial charge in [-0.1, -0.05) is 89.9 Å². The van der Waals surface area contributed by atoms with E-state index in [1.54, 1.807) is 0 Å². The maximum absolute atomic E-state index is 13.0. The Kier molecular flexibility index (Phi) is 35.6. The monoisotopic (exact) mass is 996 g/mol. The third-order valence-corrected chi connectivity index (χ3v) is 12.7. The average molecular weight is 996 g/mol. The number of ketones is 2. The van der Waals surface area contributed by atoms with Gasteiger partial charge in [-0.15, -0.1) is 5.06 Å². The Balaban J connectivity index is 1.37. The van der Waals surface area contributed by atoms with Crippen LogP contribution in [0.1, 0.15) is 193 Å². The number of nitrogens with zero attached hydrogens (tertiary/aromatic N) is 1. The fourth-order valence-electron chi connectivity index (χ4n) is 8.49. The SMILES string of the molecule is O=C(O)CCCCCCCCCCCCCCCCCCC(=O)CCC1CCC(C(=O)N[C@@H](CCC(=O)CCCOCCOCC(=O)NCCOCCOCC(=O)ON2C(=O)CCC2=O)C(=O)O)CC1. The van der Waals surface area contributed by atoms with Gasteiger partial charge in [0.1, 0.15) is 30.8 Å². The Morgan fingerprint density at radius 2 is 1.03 bits per heavy atom. The molecule has 2 fully saturated rings. The smallest absolute Gasteiger partial charge is 0.358 e. The molecule has 400 valence electrons. The van der Waals surface area contributed by atoms with Crippen molar-refractivity contribution in [2.45, 2.75) is 199 Å². The Morgan fingerprint density at radius 1 is 0.543 bits per heavy atom. The summed E-state index contributed by atoms with van der Waals surface area (Å²) < 4.78 is 21.1. The van der Waals surface area contributed by atoms with Crippen molar-refractivity contribution < 1.29 is 77.1 Å². The fraction of sp³-hybridized carbons (Fsp3) is 0.824. The number of carboxylic acid groups (broad SMARTS) is 2. The van der Waals surface area contributed by atoms with Crippen molar-refractivity contribution in [3.63, 3.8) is 0 Å². The second-order valence-corrected chi connectivity index (χ2v) is 18.7. The molecule has 4 amide bonds. The van der Waals surface area contributed by atoms with Crippen molar-refractivity contribution >= 4 is 53.1 Å². The number of carboxylic acids is 2. The van der Waals surface area contributed by atoms with E-state index in [0.717, 1.165) is 51.4 Å². The summed E-state index contributed by atoms with van der Waals surface area (Å²) in [5.41, 5.74) is 0. The van der Waals surface area contributed by atoms with Gasteiger partial charge < -0.3 is 44.6 Å². The standard InChI is InChI=1S/C51H85N3O16/c55-42(18-15-13-11-9-7-5-3-1-2-4-6-8-10-12-14-16-20-48(60)61)26-23-40-21-24-41(25-22-40)50(63)53-44(51(64)65)28-27-43(56)19-17-32-66-34-36-68-38-45(57)52-31-33-67-35-37-69-39-49(62)70-54-46(58)29-30-47(54)59/h40-41,44H,1-39H2,(H,52,57)(H,53,63)(H,60,61)(H,64,65)/t40?,41?,44-/m0/s1. The van der Waals surface area contributed by atoms with Crippen LogP contribution in [0.3, 0.4) is 0 Å². The minimum absolute atomic E-state index is 0.00147.